The molecule has 0 amide bonds. The molecule has 0 aliphatic rings. The number of hydrogen-bond acceptors (Lipinski definition) is 2. The van der Waals surface area contributed by atoms with E-state index >= 15 is 0 Å². The van der Waals surface area contributed by atoms with Crippen LogP contribution in [-0.4, -0.2) is 11.3 Å². The van der Waals surface area contributed by atoms with Crippen molar-refractivity contribution >= 4 is 22.2 Å². The van der Waals surface area contributed by atoms with E-state index in [1.54, 1.807) is 0 Å². The monoisotopic (exact) mass is 235 g/mol. The van der Waals surface area contributed by atoms with Crippen molar-refractivity contribution < 1.29 is 13.6 Å². The molecule has 2 nitrogen and oxygen atoms in total. The summed E-state index contributed by atoms with van der Waals surface area (Å²) in [6.45, 7) is 0. The fourth-order valence-electron chi connectivity index (χ4n) is 0.784. The molecule has 0 spiro atoms. The minimum Gasteiger partial charge on any atom is -0.298 e. The van der Waals surface area contributed by atoms with Crippen LogP contribution in [0.3, 0.4) is 0 Å². The van der Waals surface area contributed by atoms with E-state index in [0.717, 1.165) is 6.20 Å². The maximum absolute atomic E-state index is 12.3. The summed E-state index contributed by atoms with van der Waals surface area (Å²) >= 11 is 2.89. The van der Waals surface area contributed by atoms with Crippen LogP contribution in [0.2, 0.25) is 0 Å². The van der Waals surface area contributed by atoms with E-state index in [1.165, 1.54) is 6.20 Å². The molecule has 1 rings (SSSR count). The van der Waals surface area contributed by atoms with Crippen LogP contribution in [0.5, 0.6) is 0 Å². The Kier molecular flexibility index (Phi) is 2.86. The van der Waals surface area contributed by atoms with Gasteiger partial charge in [0.05, 0.1) is 0 Å². The molecule has 0 aliphatic heterocycles. The minimum atomic E-state index is -2.66. The van der Waals surface area contributed by atoms with Crippen molar-refractivity contribution in [2.75, 3.05) is 0 Å². The number of rotatable bonds is 2. The van der Waals surface area contributed by atoms with Gasteiger partial charge in [-0.25, -0.2) is 8.78 Å². The number of carbonyl (C=O) groups excluding carboxylic acids is 1. The van der Waals surface area contributed by atoms with Gasteiger partial charge in [0.2, 0.25) is 0 Å². The quantitative estimate of drug-likeness (QED) is 0.738. The highest BCUT2D eigenvalue weighted by Gasteiger charge is 2.16. The lowest BCUT2D eigenvalue weighted by Gasteiger charge is -2.03. The number of alkyl halides is 2. The van der Waals surface area contributed by atoms with Crippen LogP contribution in [0.4, 0.5) is 8.78 Å². The average Bonchev–Trinajstić information content (AvgIpc) is 2.03. The molecule has 0 unspecified atom stereocenters. The lowest BCUT2D eigenvalue weighted by molar-refractivity contribution is 0.110. The molecule has 0 saturated carbocycles. The summed E-state index contributed by atoms with van der Waals surface area (Å²) in [7, 11) is 0. The molecular formula is C7H4BrF2NO. The number of hydrogen-bond donors (Lipinski definition) is 0. The van der Waals surface area contributed by atoms with Gasteiger partial charge in [0.25, 0.3) is 6.43 Å². The van der Waals surface area contributed by atoms with Crippen molar-refractivity contribution in [3.05, 3.63) is 28.0 Å². The van der Waals surface area contributed by atoms with Crippen LogP contribution in [0.25, 0.3) is 0 Å². The number of aldehydes is 1. The number of carbonyl (C=O) groups is 1. The summed E-state index contributed by atoms with van der Waals surface area (Å²) in [4.78, 5) is 13.9. The predicted octanol–water partition coefficient (Wildman–Crippen LogP) is 2.59. The van der Waals surface area contributed by atoms with Crippen molar-refractivity contribution in [1.82, 2.24) is 4.98 Å². The second-order valence-electron chi connectivity index (χ2n) is 2.04. The van der Waals surface area contributed by atoms with Crippen LogP contribution in [0.15, 0.2) is 16.9 Å². The molecule has 0 radical (unpaired) electrons. The van der Waals surface area contributed by atoms with Gasteiger partial charge in [-0.15, -0.1) is 0 Å². The van der Waals surface area contributed by atoms with E-state index < -0.39 is 6.43 Å². The highest BCUT2D eigenvalue weighted by atomic mass is 79.9. The van der Waals surface area contributed by atoms with Gasteiger partial charge in [0.1, 0.15) is 0 Å². The molecule has 0 N–H and O–H groups in total. The topological polar surface area (TPSA) is 30.0 Å². The molecule has 0 bridgehead atoms. The molecule has 0 aromatic carbocycles. The van der Waals surface area contributed by atoms with E-state index in [0.29, 0.717) is 6.29 Å². The minimum absolute atomic E-state index is 0.0839. The van der Waals surface area contributed by atoms with Crippen LogP contribution < -0.4 is 0 Å². The van der Waals surface area contributed by atoms with Gasteiger partial charge < -0.3 is 0 Å². The lowest BCUT2D eigenvalue weighted by atomic mass is 10.2. The first-order chi connectivity index (χ1) is 5.66. The molecule has 0 atom stereocenters. The Hall–Kier alpha value is -0.840. The summed E-state index contributed by atoms with van der Waals surface area (Å²) < 4.78 is 24.7. The van der Waals surface area contributed by atoms with Gasteiger partial charge in [0.15, 0.2) is 6.29 Å². The molecule has 0 saturated heterocycles. The first-order valence-corrected chi connectivity index (χ1v) is 3.83. The van der Waals surface area contributed by atoms with Crippen LogP contribution in [0.1, 0.15) is 22.3 Å². The standard InChI is InChI=1S/C7H4BrF2NO/c8-5-2-11-1-4(3-12)6(5)7(9)10/h1-3,7H. The Morgan fingerprint density at radius 2 is 2.17 bits per heavy atom. The molecular weight excluding hydrogens is 232 g/mol. The van der Waals surface area contributed by atoms with E-state index in [2.05, 4.69) is 20.9 Å². The van der Waals surface area contributed by atoms with E-state index in [4.69, 9.17) is 0 Å². The fourth-order valence-corrected chi connectivity index (χ4v) is 1.30. The third-order valence-corrected chi connectivity index (χ3v) is 1.95. The molecule has 1 aromatic rings. The molecule has 1 aromatic heterocycles. The van der Waals surface area contributed by atoms with E-state index in [-0.39, 0.29) is 15.6 Å². The van der Waals surface area contributed by atoms with Crippen LogP contribution in [-0.2, 0) is 0 Å². The van der Waals surface area contributed by atoms with E-state index in [9.17, 15) is 13.6 Å². The van der Waals surface area contributed by atoms with Gasteiger partial charge in [-0.3, -0.25) is 9.78 Å². The Morgan fingerprint density at radius 3 is 2.58 bits per heavy atom. The zero-order valence-electron chi connectivity index (χ0n) is 5.80. The zero-order chi connectivity index (χ0) is 9.14. The van der Waals surface area contributed by atoms with Crippen molar-refractivity contribution in [2.24, 2.45) is 0 Å². The zero-order valence-corrected chi connectivity index (χ0v) is 7.38. The SMILES string of the molecule is O=Cc1cncc(Br)c1C(F)F. The van der Waals surface area contributed by atoms with Crippen molar-refractivity contribution in [2.45, 2.75) is 6.43 Å². The van der Waals surface area contributed by atoms with E-state index in [1.807, 2.05) is 0 Å². The smallest absolute Gasteiger partial charge is 0.265 e. The third kappa shape index (κ3) is 1.66. The predicted molar refractivity (Wildman–Crippen MR) is 42.3 cm³/mol. The molecule has 12 heavy (non-hydrogen) atoms. The normalized spacial score (nSPS) is 10.3. The molecule has 0 fully saturated rings. The largest absolute Gasteiger partial charge is 0.298 e. The fraction of sp³-hybridized carbons (Fsp3) is 0.143. The summed E-state index contributed by atoms with van der Waals surface area (Å²) in [6, 6.07) is 0. The van der Waals surface area contributed by atoms with Gasteiger partial charge in [-0.2, -0.15) is 0 Å². The van der Waals surface area contributed by atoms with Crippen molar-refractivity contribution in [1.29, 1.82) is 0 Å². The summed E-state index contributed by atoms with van der Waals surface area (Å²) in [6.07, 6.45) is 0.0371. The maximum Gasteiger partial charge on any atom is 0.265 e. The molecule has 0 aliphatic carbocycles. The Morgan fingerprint density at radius 1 is 1.50 bits per heavy atom. The summed E-state index contributed by atoms with van der Waals surface area (Å²) in [5, 5.41) is 0. The summed E-state index contributed by atoms with van der Waals surface area (Å²) in [5.74, 6) is 0. The number of aromatic nitrogens is 1. The first kappa shape index (κ1) is 9.25. The Labute approximate surface area is 75.7 Å². The first-order valence-electron chi connectivity index (χ1n) is 3.03. The van der Waals surface area contributed by atoms with Gasteiger partial charge in [0, 0.05) is 28.0 Å². The van der Waals surface area contributed by atoms with Gasteiger partial charge in [-0.05, 0) is 15.9 Å². The number of pyridine rings is 1. The second-order valence-corrected chi connectivity index (χ2v) is 2.90. The molecule has 1 heterocycles. The van der Waals surface area contributed by atoms with Crippen LogP contribution >= 0.6 is 15.9 Å². The highest BCUT2D eigenvalue weighted by Crippen LogP contribution is 2.28. The maximum atomic E-state index is 12.3. The Balaban J connectivity index is 3.29. The van der Waals surface area contributed by atoms with Crippen LogP contribution in [0, 0.1) is 0 Å². The van der Waals surface area contributed by atoms with Crippen molar-refractivity contribution in [3.8, 4) is 0 Å². The van der Waals surface area contributed by atoms with Gasteiger partial charge >= 0.3 is 0 Å². The third-order valence-electron chi connectivity index (χ3n) is 1.31. The lowest BCUT2D eigenvalue weighted by Crippen LogP contribution is -1.95. The van der Waals surface area contributed by atoms with Gasteiger partial charge in [-0.1, -0.05) is 0 Å². The highest BCUT2D eigenvalue weighted by molar-refractivity contribution is 9.10. The molecule has 5 heteroatoms. The molecule has 64 valence electrons. The number of nitrogens with zero attached hydrogens (tertiary/aromatic N) is 1. The average molecular weight is 236 g/mol. The Bertz CT molecular complexity index is 303. The van der Waals surface area contributed by atoms with Crippen molar-refractivity contribution in [3.63, 3.8) is 0 Å². The summed E-state index contributed by atoms with van der Waals surface area (Å²) in [5.41, 5.74) is -0.389. The second kappa shape index (κ2) is 3.71. The number of halogens is 3.